The van der Waals surface area contributed by atoms with Crippen LogP contribution < -0.4 is 5.32 Å². The van der Waals surface area contributed by atoms with Crippen LogP contribution in [0.5, 0.6) is 0 Å². The Kier molecular flexibility index (Phi) is 10.1. The van der Waals surface area contributed by atoms with Gasteiger partial charge in [-0.2, -0.15) is 0 Å². The maximum atomic E-state index is 12.9. The molecule has 1 fully saturated rings. The highest BCUT2D eigenvalue weighted by molar-refractivity contribution is 6.04. The summed E-state index contributed by atoms with van der Waals surface area (Å²) in [5.74, 6) is -0.748. The van der Waals surface area contributed by atoms with E-state index in [1.54, 1.807) is 12.1 Å². The number of carboxylic acid groups (broad SMARTS) is 1. The highest BCUT2D eigenvalue weighted by atomic mass is 16.5. The summed E-state index contributed by atoms with van der Waals surface area (Å²) in [4.78, 5) is 54.7. The fourth-order valence-corrected chi connectivity index (χ4v) is 5.49. The summed E-state index contributed by atoms with van der Waals surface area (Å²) >= 11 is 0. The molecule has 3 amide bonds. The number of ether oxygens (including phenoxy) is 1. The van der Waals surface area contributed by atoms with Crippen molar-refractivity contribution in [3.05, 3.63) is 65.5 Å². The number of amides is 3. The summed E-state index contributed by atoms with van der Waals surface area (Å²) in [5, 5.41) is 12.1. The Labute approximate surface area is 239 Å². The number of hydrogen-bond acceptors (Lipinski definition) is 6. The second kappa shape index (κ2) is 13.9. The lowest BCUT2D eigenvalue weighted by Gasteiger charge is -2.25. The van der Waals surface area contributed by atoms with Gasteiger partial charge in [0.25, 0.3) is 5.91 Å². The fourth-order valence-electron chi connectivity index (χ4n) is 5.49. The number of methoxy groups -OCH3 is 1. The highest BCUT2D eigenvalue weighted by Gasteiger charge is 2.26. The number of imidazole rings is 1. The van der Waals surface area contributed by atoms with Crippen LogP contribution in [0.2, 0.25) is 0 Å². The molecule has 1 aromatic heterocycles. The van der Waals surface area contributed by atoms with Gasteiger partial charge in [-0.3, -0.25) is 14.4 Å². The minimum atomic E-state index is -1.03. The smallest absolute Gasteiger partial charge is 0.416 e. The van der Waals surface area contributed by atoms with Gasteiger partial charge in [0.1, 0.15) is 5.82 Å². The Morgan fingerprint density at radius 3 is 2.49 bits per heavy atom. The molecular formula is C31H38N4O6. The molecule has 1 atom stereocenters. The summed E-state index contributed by atoms with van der Waals surface area (Å²) in [6.07, 6.45) is 5.91. The van der Waals surface area contributed by atoms with E-state index in [-0.39, 0.29) is 18.7 Å². The number of rotatable bonds is 11. The third-order valence-electron chi connectivity index (χ3n) is 7.72. The Morgan fingerprint density at radius 2 is 1.80 bits per heavy atom. The molecule has 10 nitrogen and oxygen atoms in total. The van der Waals surface area contributed by atoms with Crippen molar-refractivity contribution < 1.29 is 29.0 Å². The van der Waals surface area contributed by atoms with Crippen LogP contribution in [-0.4, -0.2) is 57.6 Å². The van der Waals surface area contributed by atoms with Crippen molar-refractivity contribution in [1.29, 1.82) is 0 Å². The number of aryl methyl sites for hydroxylation is 1. The first-order chi connectivity index (χ1) is 19.8. The van der Waals surface area contributed by atoms with Crippen LogP contribution in [0.15, 0.2) is 48.5 Å². The van der Waals surface area contributed by atoms with E-state index in [4.69, 9.17) is 10.1 Å². The zero-order chi connectivity index (χ0) is 29.4. The topological polar surface area (TPSA) is 131 Å². The first-order valence-corrected chi connectivity index (χ1v) is 14.2. The van der Waals surface area contributed by atoms with Gasteiger partial charge in [-0.25, -0.2) is 14.7 Å². The monoisotopic (exact) mass is 562 g/mol. The summed E-state index contributed by atoms with van der Waals surface area (Å²) < 4.78 is 6.84. The molecule has 0 saturated heterocycles. The van der Waals surface area contributed by atoms with Gasteiger partial charge in [-0.05, 0) is 55.4 Å². The fraction of sp³-hybridized carbons (Fsp3) is 0.452. The standard InChI is InChI=1S/C31H38N4O6/c1-34(31(40)41-2)30(39)23-14-16-26-25(19-23)33-29(35(26)20-22-11-7-4-8-12-22)24(32-27(36)17-18-28(37)38)15-13-21-9-5-3-6-10-21/h3,5-6,9-10,14,16,19,22,24H,4,7-8,11-13,15,17-18,20H2,1-2H3,(H,32,36)(H,37,38). The predicted octanol–water partition coefficient (Wildman–Crippen LogP) is 5.11. The van der Waals surface area contributed by atoms with Crippen molar-refractivity contribution in [2.45, 2.75) is 70.4 Å². The van der Waals surface area contributed by atoms with Crippen LogP contribution in [0.1, 0.15) is 79.2 Å². The minimum absolute atomic E-state index is 0.126. The average Bonchev–Trinajstić information content (AvgIpc) is 3.35. The van der Waals surface area contributed by atoms with Crippen molar-refractivity contribution >= 4 is 34.9 Å². The maximum absolute atomic E-state index is 12.9. The van der Waals surface area contributed by atoms with E-state index >= 15 is 0 Å². The second-order valence-corrected chi connectivity index (χ2v) is 10.7. The van der Waals surface area contributed by atoms with E-state index in [1.165, 1.54) is 33.4 Å². The molecule has 1 heterocycles. The van der Waals surface area contributed by atoms with Crippen molar-refractivity contribution in [2.75, 3.05) is 14.2 Å². The van der Waals surface area contributed by atoms with Crippen molar-refractivity contribution in [3.8, 4) is 0 Å². The van der Waals surface area contributed by atoms with E-state index < -0.39 is 24.0 Å². The second-order valence-electron chi connectivity index (χ2n) is 10.7. The number of aromatic nitrogens is 2. The first kappa shape index (κ1) is 29.8. The summed E-state index contributed by atoms with van der Waals surface area (Å²) in [5.41, 5.74) is 2.84. The molecule has 10 heteroatoms. The molecule has 1 aliphatic rings. The van der Waals surface area contributed by atoms with Gasteiger partial charge in [-0.1, -0.05) is 49.6 Å². The van der Waals surface area contributed by atoms with Gasteiger partial charge in [0.05, 0.1) is 30.6 Å². The normalized spacial score (nSPS) is 14.4. The average molecular weight is 563 g/mol. The van der Waals surface area contributed by atoms with E-state index in [9.17, 15) is 19.2 Å². The van der Waals surface area contributed by atoms with Gasteiger partial charge in [-0.15, -0.1) is 0 Å². The quantitative estimate of drug-likeness (QED) is 0.332. The molecule has 0 bridgehead atoms. The molecule has 0 spiro atoms. The van der Waals surface area contributed by atoms with Crippen LogP contribution >= 0.6 is 0 Å². The van der Waals surface area contributed by atoms with Crippen molar-refractivity contribution in [2.24, 2.45) is 5.92 Å². The van der Waals surface area contributed by atoms with Crippen LogP contribution in [0.3, 0.4) is 0 Å². The number of nitrogens with one attached hydrogen (secondary N) is 1. The predicted molar refractivity (Wildman–Crippen MR) is 153 cm³/mol. The number of imide groups is 1. The van der Waals surface area contributed by atoms with Crippen LogP contribution in [-0.2, 0) is 27.3 Å². The molecule has 1 saturated carbocycles. The number of aliphatic carboxylic acids is 1. The largest absolute Gasteiger partial charge is 0.481 e. The zero-order valence-corrected chi connectivity index (χ0v) is 23.7. The Balaban J connectivity index is 1.73. The van der Waals surface area contributed by atoms with Gasteiger partial charge < -0.3 is 19.7 Å². The van der Waals surface area contributed by atoms with Crippen molar-refractivity contribution in [1.82, 2.24) is 19.8 Å². The van der Waals surface area contributed by atoms with Crippen LogP contribution in [0, 0.1) is 5.92 Å². The third kappa shape index (κ3) is 7.71. The lowest BCUT2D eigenvalue weighted by atomic mass is 9.89. The van der Waals surface area contributed by atoms with E-state index in [1.807, 2.05) is 36.4 Å². The Morgan fingerprint density at radius 1 is 1.07 bits per heavy atom. The number of hydrogen-bond donors (Lipinski definition) is 2. The van der Waals surface area contributed by atoms with E-state index in [2.05, 4.69) is 14.6 Å². The third-order valence-corrected chi connectivity index (χ3v) is 7.72. The number of carbonyl (C=O) groups excluding carboxylic acids is 3. The molecule has 0 aliphatic heterocycles. The Hall–Kier alpha value is -4.21. The SMILES string of the molecule is COC(=O)N(C)C(=O)c1ccc2c(c1)nc(C(CCc1ccccc1)NC(=O)CCC(=O)O)n2CC1CCCCC1. The number of benzene rings is 2. The van der Waals surface area contributed by atoms with Gasteiger partial charge >= 0.3 is 12.1 Å². The van der Waals surface area contributed by atoms with Crippen molar-refractivity contribution in [3.63, 3.8) is 0 Å². The van der Waals surface area contributed by atoms with Crippen LogP contribution in [0.25, 0.3) is 11.0 Å². The molecule has 218 valence electrons. The first-order valence-electron chi connectivity index (χ1n) is 14.2. The molecular weight excluding hydrogens is 524 g/mol. The molecule has 41 heavy (non-hydrogen) atoms. The summed E-state index contributed by atoms with van der Waals surface area (Å²) in [6, 6.07) is 14.7. The lowest BCUT2D eigenvalue weighted by Crippen LogP contribution is -2.32. The number of carboxylic acids is 1. The molecule has 1 aliphatic carbocycles. The maximum Gasteiger partial charge on any atom is 0.416 e. The number of nitrogens with zero attached hydrogens (tertiary/aromatic N) is 3. The van der Waals surface area contributed by atoms with Gasteiger partial charge in [0.2, 0.25) is 5.91 Å². The zero-order valence-electron chi connectivity index (χ0n) is 23.7. The Bertz CT molecular complexity index is 1380. The summed E-state index contributed by atoms with van der Waals surface area (Å²) in [7, 11) is 2.58. The van der Waals surface area contributed by atoms with Crippen LogP contribution in [0.4, 0.5) is 4.79 Å². The summed E-state index contributed by atoms with van der Waals surface area (Å²) in [6.45, 7) is 0.730. The van der Waals surface area contributed by atoms with Gasteiger partial charge in [0.15, 0.2) is 0 Å². The molecule has 0 radical (unpaired) electrons. The lowest BCUT2D eigenvalue weighted by molar-refractivity contribution is -0.139. The van der Waals surface area contributed by atoms with Gasteiger partial charge in [0, 0.05) is 25.6 Å². The van der Waals surface area contributed by atoms with E-state index in [0.29, 0.717) is 35.7 Å². The number of fused-ring (bicyclic) bond motifs is 1. The molecule has 2 N–H and O–H groups in total. The van der Waals surface area contributed by atoms with E-state index in [0.717, 1.165) is 35.4 Å². The molecule has 2 aromatic carbocycles. The minimum Gasteiger partial charge on any atom is -0.481 e. The number of carbonyl (C=O) groups is 4. The molecule has 1 unspecified atom stereocenters. The highest BCUT2D eigenvalue weighted by Crippen LogP contribution is 2.31. The molecule has 3 aromatic rings. The molecule has 4 rings (SSSR count).